The highest BCUT2D eigenvalue weighted by atomic mass is 16.5. The molecule has 0 fully saturated rings. The van der Waals surface area contributed by atoms with Crippen LogP contribution in [0, 0.1) is 0 Å². The summed E-state index contributed by atoms with van der Waals surface area (Å²) >= 11 is 0. The Labute approximate surface area is 107 Å². The molecular formula is C14H20N2O2. The Balaban J connectivity index is 2.23. The van der Waals surface area contributed by atoms with E-state index in [-0.39, 0.29) is 0 Å². The molecule has 0 bridgehead atoms. The average molecular weight is 248 g/mol. The number of aliphatic hydroxyl groups is 1. The molecule has 2 rings (SSSR count). The number of hydrogen-bond donors (Lipinski definition) is 1. The van der Waals surface area contributed by atoms with Crippen LogP contribution in [0.1, 0.15) is 19.2 Å². The minimum Gasteiger partial charge on any atom is -0.390 e. The van der Waals surface area contributed by atoms with Gasteiger partial charge in [-0.15, -0.1) is 0 Å². The van der Waals surface area contributed by atoms with Crippen LogP contribution in [0.5, 0.6) is 0 Å². The summed E-state index contributed by atoms with van der Waals surface area (Å²) in [6.45, 7) is 2.38. The molecule has 0 saturated heterocycles. The summed E-state index contributed by atoms with van der Waals surface area (Å²) in [6.07, 6.45) is 1.13. The van der Waals surface area contributed by atoms with Gasteiger partial charge in [-0.3, -0.25) is 0 Å². The SMILES string of the molecule is COCCC(C)(O)Cc1nc2ccccc2n1C. The molecular weight excluding hydrogens is 228 g/mol. The number of fused-ring (bicyclic) bond motifs is 1. The van der Waals surface area contributed by atoms with Crippen LogP contribution in [0.2, 0.25) is 0 Å². The molecule has 98 valence electrons. The van der Waals surface area contributed by atoms with E-state index >= 15 is 0 Å². The molecule has 0 aliphatic rings. The summed E-state index contributed by atoms with van der Waals surface area (Å²) in [5, 5.41) is 10.3. The van der Waals surface area contributed by atoms with Crippen LogP contribution < -0.4 is 0 Å². The van der Waals surface area contributed by atoms with Crippen molar-refractivity contribution in [3.05, 3.63) is 30.1 Å². The molecule has 1 aromatic carbocycles. The van der Waals surface area contributed by atoms with Gasteiger partial charge in [0.1, 0.15) is 5.82 Å². The molecule has 0 amide bonds. The van der Waals surface area contributed by atoms with Crippen LogP contribution in [-0.4, -0.2) is 34.0 Å². The average Bonchev–Trinajstić information content (AvgIpc) is 2.64. The lowest BCUT2D eigenvalue weighted by Gasteiger charge is -2.22. The third kappa shape index (κ3) is 2.71. The molecule has 2 aromatic rings. The van der Waals surface area contributed by atoms with Crippen molar-refractivity contribution < 1.29 is 9.84 Å². The zero-order chi connectivity index (χ0) is 13.2. The minimum atomic E-state index is -0.787. The van der Waals surface area contributed by atoms with E-state index in [4.69, 9.17) is 4.74 Å². The Morgan fingerprint density at radius 2 is 2.11 bits per heavy atom. The maximum Gasteiger partial charge on any atom is 0.112 e. The first-order valence-corrected chi connectivity index (χ1v) is 6.15. The predicted molar refractivity (Wildman–Crippen MR) is 71.5 cm³/mol. The highest BCUT2D eigenvalue weighted by Gasteiger charge is 2.23. The smallest absolute Gasteiger partial charge is 0.112 e. The number of aromatic nitrogens is 2. The van der Waals surface area contributed by atoms with E-state index in [2.05, 4.69) is 4.98 Å². The van der Waals surface area contributed by atoms with Gasteiger partial charge in [-0.2, -0.15) is 0 Å². The van der Waals surface area contributed by atoms with Crippen molar-refractivity contribution in [2.45, 2.75) is 25.4 Å². The van der Waals surface area contributed by atoms with Gasteiger partial charge >= 0.3 is 0 Å². The molecule has 0 aliphatic carbocycles. The van der Waals surface area contributed by atoms with E-state index in [1.165, 1.54) is 0 Å². The van der Waals surface area contributed by atoms with E-state index in [0.717, 1.165) is 16.9 Å². The highest BCUT2D eigenvalue weighted by molar-refractivity contribution is 5.75. The van der Waals surface area contributed by atoms with E-state index < -0.39 is 5.60 Å². The van der Waals surface area contributed by atoms with Crippen molar-refractivity contribution in [1.29, 1.82) is 0 Å². The van der Waals surface area contributed by atoms with Crippen molar-refractivity contribution >= 4 is 11.0 Å². The molecule has 1 heterocycles. The third-order valence-corrected chi connectivity index (χ3v) is 3.26. The fraction of sp³-hybridized carbons (Fsp3) is 0.500. The van der Waals surface area contributed by atoms with Crippen molar-refractivity contribution in [3.8, 4) is 0 Å². The quantitative estimate of drug-likeness (QED) is 0.879. The largest absolute Gasteiger partial charge is 0.390 e. The molecule has 1 N–H and O–H groups in total. The second-order valence-electron chi connectivity index (χ2n) is 4.99. The summed E-state index contributed by atoms with van der Waals surface area (Å²) in [4.78, 5) is 4.57. The number of rotatable bonds is 5. The number of nitrogens with zero attached hydrogens (tertiary/aromatic N) is 2. The molecule has 4 heteroatoms. The number of benzene rings is 1. The van der Waals surface area contributed by atoms with Crippen LogP contribution in [0.25, 0.3) is 11.0 Å². The van der Waals surface area contributed by atoms with Gasteiger partial charge in [0.25, 0.3) is 0 Å². The third-order valence-electron chi connectivity index (χ3n) is 3.26. The number of ether oxygens (including phenoxy) is 1. The topological polar surface area (TPSA) is 47.3 Å². The van der Waals surface area contributed by atoms with Gasteiger partial charge in [-0.05, 0) is 25.5 Å². The van der Waals surface area contributed by atoms with Gasteiger partial charge in [-0.25, -0.2) is 4.98 Å². The summed E-state index contributed by atoms with van der Waals surface area (Å²) in [5.74, 6) is 0.900. The number of imidazole rings is 1. The van der Waals surface area contributed by atoms with Crippen LogP contribution >= 0.6 is 0 Å². The van der Waals surface area contributed by atoms with E-state index in [1.807, 2.05) is 42.8 Å². The lowest BCUT2D eigenvalue weighted by Crippen LogP contribution is -2.30. The molecule has 0 spiro atoms. The lowest BCUT2D eigenvalue weighted by atomic mass is 9.98. The van der Waals surface area contributed by atoms with Gasteiger partial charge in [-0.1, -0.05) is 12.1 Å². The first kappa shape index (κ1) is 13.1. The van der Waals surface area contributed by atoms with Crippen LogP contribution in [-0.2, 0) is 18.2 Å². The fourth-order valence-corrected chi connectivity index (χ4v) is 2.10. The Morgan fingerprint density at radius 3 is 2.78 bits per heavy atom. The van der Waals surface area contributed by atoms with Crippen molar-refractivity contribution in [3.63, 3.8) is 0 Å². The molecule has 1 unspecified atom stereocenters. The molecule has 4 nitrogen and oxygen atoms in total. The number of aryl methyl sites for hydroxylation is 1. The van der Waals surface area contributed by atoms with Crippen LogP contribution in [0.4, 0.5) is 0 Å². The second kappa shape index (κ2) is 5.08. The van der Waals surface area contributed by atoms with Gasteiger partial charge in [0, 0.05) is 27.2 Å². The van der Waals surface area contributed by atoms with Gasteiger partial charge in [0.2, 0.25) is 0 Å². The highest BCUT2D eigenvalue weighted by Crippen LogP contribution is 2.20. The minimum absolute atomic E-state index is 0.529. The van der Waals surface area contributed by atoms with E-state index in [0.29, 0.717) is 19.4 Å². The fourth-order valence-electron chi connectivity index (χ4n) is 2.10. The van der Waals surface area contributed by atoms with Crippen molar-refractivity contribution in [2.24, 2.45) is 7.05 Å². The molecule has 1 atom stereocenters. The number of methoxy groups -OCH3 is 1. The lowest BCUT2D eigenvalue weighted by molar-refractivity contribution is 0.0229. The number of para-hydroxylation sites is 2. The maximum atomic E-state index is 10.3. The van der Waals surface area contributed by atoms with Crippen LogP contribution in [0.3, 0.4) is 0 Å². The summed E-state index contributed by atoms with van der Waals surface area (Å²) in [7, 11) is 3.63. The second-order valence-corrected chi connectivity index (χ2v) is 4.99. The van der Waals surface area contributed by atoms with Gasteiger partial charge < -0.3 is 14.4 Å². The molecule has 18 heavy (non-hydrogen) atoms. The standard InChI is InChI=1S/C14H20N2O2/c1-14(17,8-9-18-3)10-13-15-11-6-4-5-7-12(11)16(13)2/h4-7,17H,8-10H2,1-3H3. The predicted octanol–water partition coefficient (Wildman–Crippen LogP) is 1.90. The van der Waals surface area contributed by atoms with E-state index in [1.54, 1.807) is 7.11 Å². The number of hydrogen-bond acceptors (Lipinski definition) is 3. The summed E-state index contributed by atoms with van der Waals surface area (Å²) in [5.41, 5.74) is 1.28. The van der Waals surface area contributed by atoms with Gasteiger partial charge in [0.05, 0.1) is 16.6 Å². The normalized spacial score (nSPS) is 14.9. The Kier molecular flexibility index (Phi) is 3.68. The first-order valence-electron chi connectivity index (χ1n) is 6.15. The maximum absolute atomic E-state index is 10.3. The first-order chi connectivity index (χ1) is 8.53. The van der Waals surface area contributed by atoms with Crippen molar-refractivity contribution in [1.82, 2.24) is 9.55 Å². The van der Waals surface area contributed by atoms with Crippen LogP contribution in [0.15, 0.2) is 24.3 Å². The molecule has 1 aromatic heterocycles. The zero-order valence-electron chi connectivity index (χ0n) is 11.2. The Bertz CT molecular complexity index is 532. The monoisotopic (exact) mass is 248 g/mol. The summed E-state index contributed by atoms with van der Waals surface area (Å²) in [6, 6.07) is 8.00. The molecule has 0 aliphatic heterocycles. The Morgan fingerprint density at radius 1 is 1.39 bits per heavy atom. The van der Waals surface area contributed by atoms with Crippen molar-refractivity contribution in [2.75, 3.05) is 13.7 Å². The molecule has 0 saturated carbocycles. The van der Waals surface area contributed by atoms with E-state index in [9.17, 15) is 5.11 Å². The molecule has 0 radical (unpaired) electrons. The Hall–Kier alpha value is -1.39. The zero-order valence-corrected chi connectivity index (χ0v) is 11.2. The summed E-state index contributed by atoms with van der Waals surface area (Å²) < 4.78 is 7.06. The van der Waals surface area contributed by atoms with Gasteiger partial charge in [0.15, 0.2) is 0 Å².